The number of hydrogen-bond acceptors (Lipinski definition) is 5. The lowest BCUT2D eigenvalue weighted by Crippen LogP contribution is -2.50. The van der Waals surface area contributed by atoms with Gasteiger partial charge in [-0.05, 0) is 53.8 Å². The van der Waals surface area contributed by atoms with Gasteiger partial charge in [0.1, 0.15) is 12.2 Å². The van der Waals surface area contributed by atoms with Gasteiger partial charge in [0.25, 0.3) is 0 Å². The van der Waals surface area contributed by atoms with E-state index >= 15 is 0 Å². The topological polar surface area (TPSA) is 57.3 Å². The third-order valence-corrected chi connectivity index (χ3v) is 16.8. The zero-order chi connectivity index (χ0) is 25.4. The quantitative estimate of drug-likeness (QED) is 0.200. The molecule has 0 unspecified atom stereocenters. The first kappa shape index (κ1) is 28.5. The summed E-state index contributed by atoms with van der Waals surface area (Å²) in [6, 6.07) is 0. The number of esters is 1. The Morgan fingerprint density at radius 3 is 2.00 bits per heavy atom. The summed E-state index contributed by atoms with van der Waals surface area (Å²) in [6.07, 6.45) is 5.50. The van der Waals surface area contributed by atoms with Crippen molar-refractivity contribution >= 4 is 22.6 Å². The number of ether oxygens (including phenoxy) is 2. The van der Waals surface area contributed by atoms with Crippen LogP contribution in [0.15, 0.2) is 23.3 Å². The van der Waals surface area contributed by atoms with Gasteiger partial charge in [0.15, 0.2) is 22.7 Å². The Morgan fingerprint density at radius 1 is 0.970 bits per heavy atom. The highest BCUT2D eigenvalue weighted by atomic mass is 28.4. The van der Waals surface area contributed by atoms with Crippen molar-refractivity contribution in [2.24, 2.45) is 0 Å². The second-order valence-corrected chi connectivity index (χ2v) is 22.2. The van der Waals surface area contributed by atoms with Gasteiger partial charge >= 0.3 is 5.97 Å². The van der Waals surface area contributed by atoms with Crippen molar-refractivity contribution < 1.29 is 23.1 Å². The molecule has 4 atom stereocenters. The van der Waals surface area contributed by atoms with Crippen molar-refractivity contribution in [3.63, 3.8) is 0 Å². The van der Waals surface area contributed by atoms with Gasteiger partial charge in [-0.1, -0.05) is 67.0 Å². The molecule has 190 valence electrons. The molecule has 0 spiro atoms. The highest BCUT2D eigenvalue weighted by Crippen LogP contribution is 2.48. The van der Waals surface area contributed by atoms with E-state index in [1.807, 2.05) is 0 Å². The minimum Gasteiger partial charge on any atom is -0.455 e. The van der Waals surface area contributed by atoms with E-state index in [4.69, 9.17) is 18.3 Å². The smallest absolute Gasteiger partial charge is 0.303 e. The van der Waals surface area contributed by atoms with Crippen LogP contribution in [0.5, 0.6) is 0 Å². The lowest BCUT2D eigenvalue weighted by atomic mass is 9.87. The van der Waals surface area contributed by atoms with Crippen LogP contribution in [-0.4, -0.2) is 53.6 Å². The molecule has 2 aliphatic rings. The van der Waals surface area contributed by atoms with Crippen LogP contribution in [0.1, 0.15) is 68.2 Å². The minimum atomic E-state index is -2.07. The zero-order valence-corrected chi connectivity index (χ0v) is 25.1. The second kappa shape index (κ2) is 10.1. The van der Waals surface area contributed by atoms with Crippen LogP contribution >= 0.6 is 0 Å². The molecule has 1 aliphatic heterocycles. The Kier molecular flexibility index (Phi) is 8.72. The maximum Gasteiger partial charge on any atom is 0.303 e. The van der Waals surface area contributed by atoms with Gasteiger partial charge in [-0.2, -0.15) is 0 Å². The molecule has 0 radical (unpaired) electrons. The molecular formula is C26H48O5Si2. The average Bonchev–Trinajstić information content (AvgIpc) is 3.42. The standard InChI is InChI=1S/C26H48O5Si2/c1-13-14-15-16-19-20(17-28-32(9,10)25(3,4)5)22(31-33(11,12)26(6,7)8)24-23(30-24)21(19)29-18(2)27/h15-16,21-24H,13-14,17H2,1-12H3/b16-15+/t21-,22+,23+,24-/m0/s1. The van der Waals surface area contributed by atoms with Crippen LogP contribution in [0.3, 0.4) is 0 Å². The summed E-state index contributed by atoms with van der Waals surface area (Å²) in [5, 5.41) is 0.178. The minimum absolute atomic E-state index is 0.0771. The third-order valence-electron chi connectivity index (χ3n) is 7.85. The predicted octanol–water partition coefficient (Wildman–Crippen LogP) is 6.76. The molecule has 0 N–H and O–H groups in total. The molecule has 0 aromatic carbocycles. The number of unbranched alkanes of at least 4 members (excludes halogenated alkanes) is 1. The van der Waals surface area contributed by atoms with E-state index in [-0.39, 0.29) is 34.4 Å². The summed E-state index contributed by atoms with van der Waals surface area (Å²) in [5.41, 5.74) is 2.09. The van der Waals surface area contributed by atoms with Crippen molar-refractivity contribution in [3.8, 4) is 0 Å². The molecule has 7 heteroatoms. The zero-order valence-electron chi connectivity index (χ0n) is 23.1. The first-order chi connectivity index (χ1) is 14.9. The average molecular weight is 497 g/mol. The molecule has 0 aromatic heterocycles. The fraction of sp³-hybridized carbons (Fsp3) is 0.808. The summed E-state index contributed by atoms with van der Waals surface area (Å²) in [6.45, 7) is 26.7. The van der Waals surface area contributed by atoms with Gasteiger partial charge in [-0.25, -0.2) is 0 Å². The molecule has 2 rings (SSSR count). The summed E-state index contributed by atoms with van der Waals surface area (Å²) < 4.78 is 25.6. The third kappa shape index (κ3) is 6.69. The molecule has 33 heavy (non-hydrogen) atoms. The van der Waals surface area contributed by atoms with Crippen molar-refractivity contribution in [1.82, 2.24) is 0 Å². The van der Waals surface area contributed by atoms with E-state index in [0.29, 0.717) is 6.61 Å². The van der Waals surface area contributed by atoms with Crippen LogP contribution in [-0.2, 0) is 23.1 Å². The number of rotatable bonds is 9. The maximum atomic E-state index is 12.0. The molecule has 1 fully saturated rings. The van der Waals surface area contributed by atoms with Gasteiger partial charge in [0, 0.05) is 6.92 Å². The van der Waals surface area contributed by atoms with Crippen molar-refractivity contribution in [2.75, 3.05) is 6.61 Å². The van der Waals surface area contributed by atoms with Crippen LogP contribution in [0.4, 0.5) is 0 Å². The number of epoxide rings is 1. The lowest BCUT2D eigenvalue weighted by molar-refractivity contribution is -0.145. The molecule has 0 bridgehead atoms. The van der Waals surface area contributed by atoms with Gasteiger partial charge in [0.05, 0.1) is 12.7 Å². The highest BCUT2D eigenvalue weighted by molar-refractivity contribution is 6.74. The Morgan fingerprint density at radius 2 is 1.52 bits per heavy atom. The normalized spacial score (nSPS) is 26.5. The molecular weight excluding hydrogens is 448 g/mol. The number of carbonyl (C=O) groups is 1. The van der Waals surface area contributed by atoms with Gasteiger partial charge in [0.2, 0.25) is 0 Å². The number of allylic oxidation sites excluding steroid dienone is 1. The summed E-state index contributed by atoms with van der Waals surface area (Å²) >= 11 is 0. The fourth-order valence-corrected chi connectivity index (χ4v) is 5.72. The van der Waals surface area contributed by atoms with Crippen LogP contribution in [0.2, 0.25) is 36.3 Å². The predicted molar refractivity (Wildman–Crippen MR) is 141 cm³/mol. The summed E-state index contributed by atoms with van der Waals surface area (Å²) in [4.78, 5) is 12.0. The number of fused-ring (bicyclic) bond motifs is 1. The maximum absolute atomic E-state index is 12.0. The van der Waals surface area contributed by atoms with Crippen molar-refractivity contribution in [1.29, 1.82) is 0 Å². The monoisotopic (exact) mass is 496 g/mol. The number of hydrogen-bond donors (Lipinski definition) is 0. The first-order valence-electron chi connectivity index (χ1n) is 12.5. The van der Waals surface area contributed by atoms with E-state index in [2.05, 4.69) is 86.8 Å². The van der Waals surface area contributed by atoms with Gasteiger partial charge < -0.3 is 18.3 Å². The molecule has 1 saturated heterocycles. The summed E-state index contributed by atoms with van der Waals surface area (Å²) in [7, 11) is -4.07. The largest absolute Gasteiger partial charge is 0.455 e. The molecule has 5 nitrogen and oxygen atoms in total. The fourth-order valence-electron chi connectivity index (χ4n) is 3.51. The Bertz CT molecular complexity index is 771. The van der Waals surface area contributed by atoms with Crippen molar-refractivity contribution in [3.05, 3.63) is 23.3 Å². The van der Waals surface area contributed by atoms with E-state index in [0.717, 1.165) is 24.0 Å². The van der Waals surface area contributed by atoms with E-state index < -0.39 is 22.7 Å². The highest BCUT2D eigenvalue weighted by Gasteiger charge is 2.59. The lowest BCUT2D eigenvalue weighted by Gasteiger charge is -2.42. The van der Waals surface area contributed by atoms with Gasteiger partial charge in [-0.3, -0.25) is 4.79 Å². The molecule has 0 aromatic rings. The van der Waals surface area contributed by atoms with Gasteiger partial charge in [-0.15, -0.1) is 0 Å². The Labute approximate surface area is 204 Å². The van der Waals surface area contributed by atoms with Crippen LogP contribution in [0.25, 0.3) is 0 Å². The van der Waals surface area contributed by atoms with Crippen LogP contribution in [0, 0.1) is 0 Å². The second-order valence-electron chi connectivity index (χ2n) is 12.6. The SMILES string of the molecule is CCC/C=C/C1=C(CO[Si](C)(C)C(C)(C)C)[C@@H](O[Si](C)(C)C(C)(C)C)[C@@H]2O[C@@H]2[C@H]1OC(C)=O. The van der Waals surface area contributed by atoms with E-state index in [1.165, 1.54) is 6.92 Å². The molecule has 1 aliphatic carbocycles. The summed E-state index contributed by atoms with van der Waals surface area (Å²) in [5.74, 6) is -0.288. The molecule has 1 heterocycles. The number of carbonyl (C=O) groups excluding carboxylic acids is 1. The van der Waals surface area contributed by atoms with Crippen LogP contribution < -0.4 is 0 Å². The Balaban J connectivity index is 2.54. The first-order valence-corrected chi connectivity index (χ1v) is 18.3. The van der Waals surface area contributed by atoms with E-state index in [9.17, 15) is 4.79 Å². The Hall–Kier alpha value is -0.736. The molecule has 0 amide bonds. The van der Waals surface area contributed by atoms with Crippen molar-refractivity contribution in [2.45, 2.75) is 129 Å². The van der Waals surface area contributed by atoms with E-state index in [1.54, 1.807) is 0 Å². The molecule has 0 saturated carbocycles.